The van der Waals surface area contributed by atoms with Gasteiger partial charge in [0.2, 0.25) is 0 Å². The van der Waals surface area contributed by atoms with Gasteiger partial charge in [-0.1, -0.05) is 28.1 Å². The van der Waals surface area contributed by atoms with Gasteiger partial charge in [-0.25, -0.2) is 0 Å². The van der Waals surface area contributed by atoms with Crippen LogP contribution in [0.2, 0.25) is 0 Å². The summed E-state index contributed by atoms with van der Waals surface area (Å²) >= 11 is 3.40. The van der Waals surface area contributed by atoms with E-state index in [4.69, 9.17) is 9.47 Å². The van der Waals surface area contributed by atoms with E-state index < -0.39 is 0 Å². The highest BCUT2D eigenvalue weighted by molar-refractivity contribution is 9.10. The fraction of sp³-hybridized carbons (Fsp3) is 0.188. The Labute approximate surface area is 125 Å². The van der Waals surface area contributed by atoms with Crippen LogP contribution in [0.1, 0.15) is 15.9 Å². The molecule has 4 heteroatoms. The molecule has 20 heavy (non-hydrogen) atoms. The summed E-state index contributed by atoms with van der Waals surface area (Å²) in [5.41, 5.74) is 1.31. The highest BCUT2D eigenvalue weighted by Gasteiger charge is 2.23. The van der Waals surface area contributed by atoms with Crippen LogP contribution in [0.15, 0.2) is 53.0 Å². The van der Waals surface area contributed by atoms with Gasteiger partial charge < -0.3 is 9.47 Å². The molecule has 1 atom stereocenters. The van der Waals surface area contributed by atoms with Gasteiger partial charge in [0.05, 0.1) is 6.61 Å². The molecule has 0 amide bonds. The Balaban J connectivity index is 1.73. The first-order chi connectivity index (χ1) is 9.74. The highest BCUT2D eigenvalue weighted by Crippen LogP contribution is 2.21. The number of hydrogen-bond donors (Lipinski definition) is 0. The van der Waals surface area contributed by atoms with E-state index in [-0.39, 0.29) is 11.9 Å². The van der Waals surface area contributed by atoms with Crippen LogP contribution in [-0.4, -0.2) is 25.1 Å². The molecule has 0 spiro atoms. The van der Waals surface area contributed by atoms with Gasteiger partial charge >= 0.3 is 0 Å². The number of halogens is 1. The lowest BCUT2D eigenvalue weighted by Gasteiger charge is -2.06. The van der Waals surface area contributed by atoms with Crippen LogP contribution in [0.3, 0.4) is 0 Å². The Morgan fingerprint density at radius 1 is 1.20 bits per heavy atom. The predicted molar refractivity (Wildman–Crippen MR) is 79.3 cm³/mol. The Morgan fingerprint density at radius 3 is 2.55 bits per heavy atom. The number of benzene rings is 2. The molecule has 0 bridgehead atoms. The van der Waals surface area contributed by atoms with Crippen molar-refractivity contribution in [2.45, 2.75) is 6.10 Å². The topological polar surface area (TPSA) is 38.8 Å². The van der Waals surface area contributed by atoms with Crippen molar-refractivity contribution in [2.75, 3.05) is 13.2 Å². The molecule has 102 valence electrons. The van der Waals surface area contributed by atoms with Crippen molar-refractivity contribution < 1.29 is 14.3 Å². The largest absolute Gasteiger partial charge is 0.491 e. The molecule has 1 fully saturated rings. The van der Waals surface area contributed by atoms with Crippen LogP contribution >= 0.6 is 15.9 Å². The van der Waals surface area contributed by atoms with E-state index in [1.54, 1.807) is 18.2 Å². The third-order valence-electron chi connectivity index (χ3n) is 3.07. The molecule has 0 aliphatic carbocycles. The van der Waals surface area contributed by atoms with Gasteiger partial charge in [-0.05, 0) is 36.4 Å². The fourth-order valence-corrected chi connectivity index (χ4v) is 2.32. The average Bonchev–Trinajstić information content (AvgIpc) is 3.30. The SMILES string of the molecule is O=C(c1ccc(OCC2CO2)cc1)c1ccccc1Br. The number of carbonyl (C=O) groups is 1. The minimum absolute atomic E-state index is 0.00505. The third-order valence-corrected chi connectivity index (χ3v) is 3.76. The standard InChI is InChI=1S/C16H13BrO3/c17-15-4-2-1-3-14(15)16(18)11-5-7-12(8-6-11)19-9-13-10-20-13/h1-8,13H,9-10H2. The smallest absolute Gasteiger partial charge is 0.194 e. The quantitative estimate of drug-likeness (QED) is 0.621. The van der Waals surface area contributed by atoms with Gasteiger partial charge in [0.1, 0.15) is 18.5 Å². The Bertz CT molecular complexity index is 618. The van der Waals surface area contributed by atoms with Gasteiger partial charge in [-0.2, -0.15) is 0 Å². The Hall–Kier alpha value is -1.65. The van der Waals surface area contributed by atoms with Crippen molar-refractivity contribution in [2.24, 2.45) is 0 Å². The number of rotatable bonds is 5. The van der Waals surface area contributed by atoms with E-state index in [2.05, 4.69) is 15.9 Å². The van der Waals surface area contributed by atoms with Crippen molar-refractivity contribution in [1.82, 2.24) is 0 Å². The number of epoxide rings is 1. The summed E-state index contributed by atoms with van der Waals surface area (Å²) in [6.07, 6.45) is 0.233. The monoisotopic (exact) mass is 332 g/mol. The Kier molecular flexibility index (Phi) is 3.85. The summed E-state index contributed by atoms with van der Waals surface area (Å²) in [7, 11) is 0. The zero-order chi connectivity index (χ0) is 13.9. The zero-order valence-electron chi connectivity index (χ0n) is 10.7. The van der Waals surface area contributed by atoms with E-state index in [0.717, 1.165) is 16.8 Å². The second-order valence-electron chi connectivity index (χ2n) is 4.60. The molecule has 1 heterocycles. The number of ether oxygens (including phenoxy) is 2. The maximum Gasteiger partial charge on any atom is 0.194 e. The molecular formula is C16H13BrO3. The molecule has 2 aromatic rings. The van der Waals surface area contributed by atoms with Crippen molar-refractivity contribution in [3.05, 3.63) is 64.1 Å². The summed E-state index contributed by atoms with van der Waals surface area (Å²) in [4.78, 5) is 12.4. The summed E-state index contributed by atoms with van der Waals surface area (Å²) < 4.78 is 11.4. The molecule has 1 aliphatic heterocycles. The van der Waals surface area contributed by atoms with E-state index >= 15 is 0 Å². The first-order valence-corrected chi connectivity index (χ1v) is 7.17. The van der Waals surface area contributed by atoms with Gasteiger partial charge in [0.25, 0.3) is 0 Å². The van der Waals surface area contributed by atoms with Crippen LogP contribution in [0, 0.1) is 0 Å². The summed E-state index contributed by atoms with van der Waals surface area (Å²) in [6, 6.07) is 14.6. The van der Waals surface area contributed by atoms with Gasteiger partial charge in [0.15, 0.2) is 5.78 Å². The second-order valence-corrected chi connectivity index (χ2v) is 5.45. The van der Waals surface area contributed by atoms with Gasteiger partial charge in [0, 0.05) is 15.6 Å². The summed E-state index contributed by atoms with van der Waals surface area (Å²) in [6.45, 7) is 1.34. The molecule has 0 radical (unpaired) electrons. The lowest BCUT2D eigenvalue weighted by molar-refractivity contribution is 0.103. The van der Waals surface area contributed by atoms with E-state index in [1.165, 1.54) is 0 Å². The van der Waals surface area contributed by atoms with Crippen molar-refractivity contribution in [3.8, 4) is 5.75 Å². The molecule has 0 N–H and O–H groups in total. The van der Waals surface area contributed by atoms with Crippen molar-refractivity contribution >= 4 is 21.7 Å². The maximum atomic E-state index is 12.4. The molecule has 0 aromatic heterocycles. The van der Waals surface area contributed by atoms with Crippen LogP contribution < -0.4 is 4.74 Å². The third kappa shape index (κ3) is 3.08. The van der Waals surface area contributed by atoms with E-state index in [0.29, 0.717) is 17.7 Å². The normalized spacial score (nSPS) is 16.8. The van der Waals surface area contributed by atoms with Crippen LogP contribution in [0.25, 0.3) is 0 Å². The molecule has 2 aromatic carbocycles. The number of hydrogen-bond acceptors (Lipinski definition) is 3. The average molecular weight is 333 g/mol. The fourth-order valence-electron chi connectivity index (χ4n) is 1.86. The molecular weight excluding hydrogens is 320 g/mol. The Morgan fingerprint density at radius 2 is 1.90 bits per heavy atom. The van der Waals surface area contributed by atoms with Gasteiger partial charge in [-0.3, -0.25) is 4.79 Å². The minimum Gasteiger partial charge on any atom is -0.491 e. The van der Waals surface area contributed by atoms with Gasteiger partial charge in [-0.15, -0.1) is 0 Å². The van der Waals surface area contributed by atoms with Crippen LogP contribution in [-0.2, 0) is 4.74 Å². The van der Waals surface area contributed by atoms with E-state index in [1.807, 2.05) is 30.3 Å². The van der Waals surface area contributed by atoms with Crippen LogP contribution in [0.4, 0.5) is 0 Å². The second kappa shape index (κ2) is 5.77. The lowest BCUT2D eigenvalue weighted by atomic mass is 10.0. The first kappa shape index (κ1) is 13.3. The molecule has 3 nitrogen and oxygen atoms in total. The molecule has 0 saturated carbocycles. The van der Waals surface area contributed by atoms with Crippen molar-refractivity contribution in [1.29, 1.82) is 0 Å². The number of ketones is 1. The maximum absolute atomic E-state index is 12.4. The first-order valence-electron chi connectivity index (χ1n) is 6.38. The van der Waals surface area contributed by atoms with Crippen molar-refractivity contribution in [3.63, 3.8) is 0 Å². The van der Waals surface area contributed by atoms with Crippen LogP contribution in [0.5, 0.6) is 5.75 Å². The molecule has 1 aliphatic rings. The lowest BCUT2D eigenvalue weighted by Crippen LogP contribution is -2.05. The predicted octanol–water partition coefficient (Wildman–Crippen LogP) is 3.46. The molecule has 1 unspecified atom stereocenters. The van der Waals surface area contributed by atoms with E-state index in [9.17, 15) is 4.79 Å². The summed E-state index contributed by atoms with van der Waals surface area (Å²) in [5.74, 6) is 0.749. The zero-order valence-corrected chi connectivity index (χ0v) is 12.3. The number of carbonyl (C=O) groups excluding carboxylic acids is 1. The molecule has 3 rings (SSSR count). The molecule has 1 saturated heterocycles. The summed E-state index contributed by atoms with van der Waals surface area (Å²) in [5, 5.41) is 0. The highest BCUT2D eigenvalue weighted by atomic mass is 79.9. The minimum atomic E-state index is -0.00505.